The predicted molar refractivity (Wildman–Crippen MR) is 90.1 cm³/mol. The smallest absolute Gasteiger partial charge is 0.121 e. The van der Waals surface area contributed by atoms with Crippen LogP contribution in [0.3, 0.4) is 0 Å². The number of aromatic nitrogens is 1. The zero-order valence-corrected chi connectivity index (χ0v) is 13.4. The van der Waals surface area contributed by atoms with E-state index < -0.39 is 5.92 Å². The summed E-state index contributed by atoms with van der Waals surface area (Å²) in [6.07, 6.45) is 6.21. The van der Waals surface area contributed by atoms with Gasteiger partial charge in [0.2, 0.25) is 0 Å². The monoisotopic (exact) mass is 335 g/mol. The number of allylic oxidation sites excluding steroid dienone is 1. The lowest BCUT2D eigenvalue weighted by Crippen LogP contribution is -2.10. The van der Waals surface area contributed by atoms with Gasteiger partial charge < -0.3 is 15.8 Å². The van der Waals surface area contributed by atoms with Crippen molar-refractivity contribution in [2.75, 3.05) is 7.05 Å². The summed E-state index contributed by atoms with van der Waals surface area (Å²) in [5, 5.41) is 21.5. The molecule has 1 heterocycles. The van der Waals surface area contributed by atoms with Crippen LogP contribution in [-0.2, 0) is 0 Å². The Morgan fingerprint density at radius 3 is 2.55 bits per heavy atom. The van der Waals surface area contributed by atoms with Crippen LogP contribution in [0.25, 0.3) is 0 Å². The Bertz CT molecular complexity index is 702. The van der Waals surface area contributed by atoms with Gasteiger partial charge in [-0.15, -0.1) is 0 Å². The zero-order valence-electron chi connectivity index (χ0n) is 11.8. The molecule has 2 rings (SSSR count). The minimum atomic E-state index is -0.431. The summed E-state index contributed by atoms with van der Waals surface area (Å²) in [5.74, 6) is -0.404. The van der Waals surface area contributed by atoms with Crippen molar-refractivity contribution in [1.82, 2.24) is 10.3 Å². The third kappa shape index (κ3) is 3.24. The van der Waals surface area contributed by atoms with E-state index in [1.807, 2.05) is 12.1 Å². The predicted octanol–water partition coefficient (Wildman–Crippen LogP) is 3.98. The van der Waals surface area contributed by atoms with Crippen LogP contribution in [0.4, 0.5) is 0 Å². The number of aromatic hydroxyl groups is 1. The summed E-state index contributed by atoms with van der Waals surface area (Å²) in [7, 11) is 1.74. The number of hydrogen-bond acceptors (Lipinski definition) is 4. The van der Waals surface area contributed by atoms with Gasteiger partial charge in [-0.25, -0.2) is 0 Å². The molecule has 0 saturated heterocycles. The molecule has 0 saturated carbocycles. The van der Waals surface area contributed by atoms with Gasteiger partial charge in [-0.2, -0.15) is 0 Å². The lowest BCUT2D eigenvalue weighted by Gasteiger charge is -2.21. The van der Waals surface area contributed by atoms with Gasteiger partial charge in [0.25, 0.3) is 0 Å². The Kier molecular flexibility index (Phi) is 5.41. The van der Waals surface area contributed by atoms with E-state index in [1.54, 1.807) is 25.6 Å². The first-order valence-electron chi connectivity index (χ1n) is 6.54. The third-order valence-corrected chi connectivity index (χ3v) is 4.07. The van der Waals surface area contributed by atoms with Crippen molar-refractivity contribution in [1.29, 1.82) is 5.41 Å². The van der Waals surface area contributed by atoms with Crippen LogP contribution in [0.15, 0.2) is 48.4 Å². The van der Waals surface area contributed by atoms with Gasteiger partial charge in [0, 0.05) is 43.3 Å². The molecule has 2 aromatic rings. The van der Waals surface area contributed by atoms with Crippen LogP contribution in [0.1, 0.15) is 17.0 Å². The van der Waals surface area contributed by atoms with E-state index in [2.05, 4.69) is 10.3 Å². The van der Waals surface area contributed by atoms with E-state index in [0.717, 1.165) is 5.56 Å². The van der Waals surface area contributed by atoms with Gasteiger partial charge in [0.15, 0.2) is 0 Å². The van der Waals surface area contributed by atoms with Crippen molar-refractivity contribution in [2.24, 2.45) is 0 Å². The Morgan fingerprint density at radius 2 is 1.95 bits per heavy atom. The zero-order chi connectivity index (χ0) is 16.1. The first-order valence-corrected chi connectivity index (χ1v) is 7.30. The second kappa shape index (κ2) is 7.29. The molecular weight excluding hydrogens is 321 g/mol. The average Bonchev–Trinajstić information content (AvgIpc) is 2.54. The van der Waals surface area contributed by atoms with Gasteiger partial charge in [0.1, 0.15) is 5.75 Å². The first kappa shape index (κ1) is 16.3. The molecule has 0 radical (unpaired) electrons. The minimum Gasteiger partial charge on any atom is -0.508 e. The fourth-order valence-electron chi connectivity index (χ4n) is 2.29. The van der Waals surface area contributed by atoms with Crippen molar-refractivity contribution in [3.05, 3.63) is 69.6 Å². The molecule has 1 aromatic carbocycles. The molecule has 0 aliphatic carbocycles. The SMILES string of the molecule is CN/C=C(\C=N)C(c1ccncc1)c1c(O)ccc(Cl)c1Cl. The number of hydrogen-bond donors (Lipinski definition) is 3. The number of rotatable bonds is 5. The second-order valence-electron chi connectivity index (χ2n) is 4.59. The Morgan fingerprint density at radius 1 is 1.27 bits per heavy atom. The standard InChI is InChI=1S/C16H15Cl2N3O/c1-20-9-11(8-19)14(10-4-6-21-7-5-10)15-13(22)3-2-12(17)16(15)18/h2-9,14,19-20,22H,1H3/b11-9+,19-8?. The first-order chi connectivity index (χ1) is 10.6. The van der Waals surface area contributed by atoms with Gasteiger partial charge in [-0.3, -0.25) is 4.98 Å². The number of pyridine rings is 1. The van der Waals surface area contributed by atoms with Gasteiger partial charge in [-0.1, -0.05) is 23.2 Å². The summed E-state index contributed by atoms with van der Waals surface area (Å²) >= 11 is 12.4. The highest BCUT2D eigenvalue weighted by Gasteiger charge is 2.25. The molecule has 1 atom stereocenters. The number of phenolic OH excluding ortho intramolecular Hbond substituents is 1. The van der Waals surface area contributed by atoms with Crippen molar-refractivity contribution in [2.45, 2.75) is 5.92 Å². The van der Waals surface area contributed by atoms with Gasteiger partial charge in [-0.05, 0) is 35.4 Å². The fraction of sp³-hybridized carbons (Fsp3) is 0.125. The van der Waals surface area contributed by atoms with Crippen LogP contribution in [-0.4, -0.2) is 23.4 Å². The molecular formula is C16H15Cl2N3O. The molecule has 4 nitrogen and oxygen atoms in total. The topological polar surface area (TPSA) is 69.0 Å². The van der Waals surface area contributed by atoms with Crippen LogP contribution < -0.4 is 5.32 Å². The maximum absolute atomic E-state index is 10.3. The third-order valence-electron chi connectivity index (χ3n) is 3.25. The summed E-state index contributed by atoms with van der Waals surface area (Å²) in [4.78, 5) is 4.00. The van der Waals surface area contributed by atoms with Crippen LogP contribution >= 0.6 is 23.2 Å². The number of halogens is 2. The Labute approximate surface area is 138 Å². The van der Waals surface area contributed by atoms with E-state index in [0.29, 0.717) is 16.2 Å². The highest BCUT2D eigenvalue weighted by atomic mass is 35.5. The van der Waals surface area contributed by atoms with Crippen molar-refractivity contribution < 1.29 is 5.11 Å². The molecule has 3 N–H and O–H groups in total. The molecule has 1 unspecified atom stereocenters. The lowest BCUT2D eigenvalue weighted by molar-refractivity contribution is 0.467. The van der Waals surface area contributed by atoms with E-state index in [1.165, 1.54) is 18.3 Å². The summed E-state index contributed by atoms with van der Waals surface area (Å²) in [5.41, 5.74) is 1.94. The van der Waals surface area contributed by atoms with Gasteiger partial charge in [0.05, 0.1) is 10.0 Å². The molecule has 6 heteroatoms. The van der Waals surface area contributed by atoms with Crippen molar-refractivity contribution in [3.8, 4) is 5.75 Å². The molecule has 0 aliphatic rings. The summed E-state index contributed by atoms with van der Waals surface area (Å²) in [6.45, 7) is 0. The summed E-state index contributed by atoms with van der Waals surface area (Å²) in [6, 6.07) is 6.67. The molecule has 0 aliphatic heterocycles. The lowest BCUT2D eigenvalue weighted by atomic mass is 9.85. The van der Waals surface area contributed by atoms with E-state index in [-0.39, 0.29) is 10.8 Å². The molecule has 0 spiro atoms. The minimum absolute atomic E-state index is 0.0278. The number of benzene rings is 1. The molecule has 0 bridgehead atoms. The van der Waals surface area contributed by atoms with E-state index in [4.69, 9.17) is 28.6 Å². The Balaban J connectivity index is 2.72. The van der Waals surface area contributed by atoms with Crippen LogP contribution in [0.5, 0.6) is 5.75 Å². The van der Waals surface area contributed by atoms with Crippen molar-refractivity contribution in [3.63, 3.8) is 0 Å². The average molecular weight is 336 g/mol. The highest BCUT2D eigenvalue weighted by Crippen LogP contribution is 2.43. The number of phenols is 1. The number of nitrogens with zero attached hydrogens (tertiary/aromatic N) is 1. The van der Waals surface area contributed by atoms with E-state index >= 15 is 0 Å². The summed E-state index contributed by atoms with van der Waals surface area (Å²) < 4.78 is 0. The van der Waals surface area contributed by atoms with E-state index in [9.17, 15) is 5.11 Å². The largest absolute Gasteiger partial charge is 0.508 e. The molecule has 114 valence electrons. The molecule has 0 fully saturated rings. The maximum atomic E-state index is 10.3. The normalized spacial score (nSPS) is 12.8. The number of nitrogens with one attached hydrogen (secondary N) is 2. The van der Waals surface area contributed by atoms with Crippen molar-refractivity contribution >= 4 is 29.4 Å². The fourth-order valence-corrected chi connectivity index (χ4v) is 2.72. The second-order valence-corrected chi connectivity index (χ2v) is 5.37. The maximum Gasteiger partial charge on any atom is 0.121 e. The Hall–Kier alpha value is -2.04. The molecule has 1 aromatic heterocycles. The highest BCUT2D eigenvalue weighted by molar-refractivity contribution is 6.42. The molecule has 22 heavy (non-hydrogen) atoms. The van der Waals surface area contributed by atoms with Crippen LogP contribution in [0, 0.1) is 5.41 Å². The van der Waals surface area contributed by atoms with Gasteiger partial charge >= 0.3 is 0 Å². The quantitative estimate of drug-likeness (QED) is 0.724. The van der Waals surface area contributed by atoms with Crippen LogP contribution in [0.2, 0.25) is 10.0 Å². The molecule has 0 amide bonds.